The van der Waals surface area contributed by atoms with E-state index in [0.29, 0.717) is 59.5 Å². The molecule has 0 unspecified atom stereocenters. The third-order valence-corrected chi connectivity index (χ3v) is 26.2. The molecule has 0 heterocycles. The summed E-state index contributed by atoms with van der Waals surface area (Å²) in [7, 11) is -2.70. The van der Waals surface area contributed by atoms with Crippen molar-refractivity contribution in [3.05, 3.63) is 161 Å². The highest BCUT2D eigenvalue weighted by molar-refractivity contribution is 6.78. The van der Waals surface area contributed by atoms with Crippen LogP contribution in [-0.4, -0.2) is 49.2 Å². The highest BCUT2D eigenvalue weighted by atomic mass is 28.4. The Morgan fingerprint density at radius 3 is 1.39 bits per heavy atom. The SMILES string of the molecule is COc1ccc(CO[C@@H](C/C=C/COC(c2ccccc2)(c2ccccc2)c2ccccc2)[C@H](C)[C@@H](O[Si](C(C)C)(C(C)C)C(C)C)/C(C)=C/CO[Si](C(C)C)(C(C)C)C(C)C)cc1. The Balaban J connectivity index is 1.75. The van der Waals surface area contributed by atoms with Crippen LogP contribution in [0.4, 0.5) is 0 Å². The van der Waals surface area contributed by atoms with E-state index in [0.717, 1.165) is 28.0 Å². The van der Waals surface area contributed by atoms with E-state index < -0.39 is 22.2 Å². The number of benzene rings is 4. The lowest BCUT2D eigenvalue weighted by Crippen LogP contribution is -2.52. The molecular weight excluding hydrogens is 821 g/mol. The molecule has 0 amide bonds. The zero-order valence-corrected chi connectivity index (χ0v) is 44.3. The second-order valence-electron chi connectivity index (χ2n) is 19.8. The van der Waals surface area contributed by atoms with E-state index in [1.807, 2.05) is 12.1 Å². The summed E-state index contributed by atoms with van der Waals surface area (Å²) in [6.45, 7) is 34.5. The van der Waals surface area contributed by atoms with Crippen LogP contribution in [0.5, 0.6) is 5.75 Å². The van der Waals surface area contributed by atoms with E-state index in [1.165, 1.54) is 5.57 Å². The standard InChI is InChI=1S/C57H84O5Si2/c1-42(2)63(43(3)4,44(5)6)61-40-38-48(13)56(62-64(45(7)8,46(9)10)47(11)12)49(14)55(59-41-50-34-36-54(58-15)37-35-50)33-25-26-39-60-57(51-27-19-16-20-28-51,52-29-21-17-22-30-52)53-31-23-18-24-32-53/h16-32,34-38,42-47,49,55-56H,33,39-41H2,1-15H3/b26-25+,48-38+/t49-,55-,56-/m0/s1. The molecule has 0 aliphatic heterocycles. The van der Waals surface area contributed by atoms with Gasteiger partial charge in [-0.05, 0) is 86.6 Å². The van der Waals surface area contributed by atoms with Crippen LogP contribution in [0.15, 0.2) is 139 Å². The number of ether oxygens (including phenoxy) is 3. The van der Waals surface area contributed by atoms with Crippen molar-refractivity contribution >= 4 is 16.6 Å². The first kappa shape index (κ1) is 53.1. The van der Waals surface area contributed by atoms with Crippen molar-refractivity contribution < 1.29 is 23.1 Å². The molecule has 0 bridgehead atoms. The van der Waals surface area contributed by atoms with Gasteiger partial charge in [-0.3, -0.25) is 0 Å². The topological polar surface area (TPSA) is 46.2 Å². The smallest absolute Gasteiger partial charge is 0.201 e. The average molecular weight is 905 g/mol. The number of hydrogen-bond donors (Lipinski definition) is 0. The number of rotatable bonds is 26. The lowest BCUT2D eigenvalue weighted by molar-refractivity contribution is -0.0249. The minimum absolute atomic E-state index is 0.0301. The molecule has 5 nitrogen and oxygen atoms in total. The minimum Gasteiger partial charge on any atom is -0.497 e. The molecule has 7 heteroatoms. The Kier molecular flexibility index (Phi) is 20.6. The van der Waals surface area contributed by atoms with Gasteiger partial charge in [0.25, 0.3) is 0 Å². The first-order valence-electron chi connectivity index (χ1n) is 24.2. The van der Waals surface area contributed by atoms with Crippen LogP contribution < -0.4 is 4.74 Å². The fourth-order valence-electron chi connectivity index (χ4n) is 11.0. The van der Waals surface area contributed by atoms with Gasteiger partial charge in [0.05, 0.1) is 39.1 Å². The molecule has 0 aliphatic rings. The molecule has 4 aromatic rings. The van der Waals surface area contributed by atoms with Gasteiger partial charge in [0, 0.05) is 5.92 Å². The van der Waals surface area contributed by atoms with Gasteiger partial charge >= 0.3 is 0 Å². The zero-order valence-electron chi connectivity index (χ0n) is 42.3. The van der Waals surface area contributed by atoms with Crippen LogP contribution in [0.2, 0.25) is 33.2 Å². The monoisotopic (exact) mass is 905 g/mol. The summed E-state index contributed by atoms with van der Waals surface area (Å²) < 4.78 is 34.7. The van der Waals surface area contributed by atoms with E-state index in [2.05, 4.69) is 218 Å². The predicted molar refractivity (Wildman–Crippen MR) is 276 cm³/mol. The van der Waals surface area contributed by atoms with Gasteiger partial charge in [-0.1, -0.05) is 211 Å². The molecule has 0 fully saturated rings. The van der Waals surface area contributed by atoms with Crippen LogP contribution in [0.25, 0.3) is 0 Å². The third-order valence-electron chi connectivity index (χ3n) is 14.1. The van der Waals surface area contributed by atoms with E-state index in [-0.39, 0.29) is 18.1 Å². The van der Waals surface area contributed by atoms with Crippen LogP contribution in [0.1, 0.15) is 126 Å². The normalized spacial score (nSPS) is 14.7. The molecule has 0 aliphatic carbocycles. The van der Waals surface area contributed by atoms with Crippen molar-refractivity contribution in [2.75, 3.05) is 20.3 Å². The second-order valence-corrected chi connectivity index (χ2v) is 30.7. The van der Waals surface area contributed by atoms with E-state index in [4.69, 9.17) is 23.1 Å². The maximum absolute atomic E-state index is 7.83. The van der Waals surface area contributed by atoms with Crippen molar-refractivity contribution in [2.45, 2.75) is 161 Å². The minimum atomic E-state index is -2.33. The molecule has 4 aromatic carbocycles. The van der Waals surface area contributed by atoms with Crippen LogP contribution in [-0.2, 0) is 30.5 Å². The fourth-order valence-corrected chi connectivity index (χ4v) is 22.0. The molecular formula is C57H84O5Si2. The molecule has 0 spiro atoms. The van der Waals surface area contributed by atoms with Crippen LogP contribution >= 0.6 is 0 Å². The van der Waals surface area contributed by atoms with Crippen molar-refractivity contribution in [1.82, 2.24) is 0 Å². The Labute approximate surface area is 392 Å². The number of methoxy groups -OCH3 is 1. The Bertz CT molecular complexity index is 1830. The van der Waals surface area contributed by atoms with Gasteiger partial charge < -0.3 is 23.1 Å². The molecule has 0 aromatic heterocycles. The Morgan fingerprint density at radius 1 is 0.547 bits per heavy atom. The molecule has 0 radical (unpaired) electrons. The number of hydrogen-bond acceptors (Lipinski definition) is 5. The molecule has 0 saturated carbocycles. The first-order chi connectivity index (χ1) is 30.5. The Hall–Kier alpha value is -3.57. The maximum atomic E-state index is 7.83. The molecule has 3 atom stereocenters. The fraction of sp³-hybridized carbons (Fsp3) is 0.509. The lowest BCUT2D eigenvalue weighted by Gasteiger charge is -2.47. The summed E-state index contributed by atoms with van der Waals surface area (Å²) in [5.74, 6) is 0.866. The van der Waals surface area contributed by atoms with Crippen LogP contribution in [0.3, 0.4) is 0 Å². The highest BCUT2D eigenvalue weighted by Crippen LogP contribution is 2.46. The van der Waals surface area contributed by atoms with Crippen molar-refractivity contribution in [3.63, 3.8) is 0 Å². The van der Waals surface area contributed by atoms with Gasteiger partial charge in [0.15, 0.2) is 0 Å². The predicted octanol–water partition coefficient (Wildman–Crippen LogP) is 15.9. The first-order valence-corrected chi connectivity index (χ1v) is 28.4. The van der Waals surface area contributed by atoms with E-state index in [1.54, 1.807) is 7.11 Å². The molecule has 4 rings (SSSR count). The summed E-state index contributed by atoms with van der Waals surface area (Å²) in [5.41, 5.74) is 7.65. The summed E-state index contributed by atoms with van der Waals surface area (Å²) in [4.78, 5) is 0. The zero-order chi connectivity index (χ0) is 47.1. The molecule has 0 saturated heterocycles. The molecule has 0 N–H and O–H groups in total. The van der Waals surface area contributed by atoms with E-state index >= 15 is 0 Å². The van der Waals surface area contributed by atoms with Crippen molar-refractivity contribution in [3.8, 4) is 5.75 Å². The molecule has 64 heavy (non-hydrogen) atoms. The van der Waals surface area contributed by atoms with Gasteiger partial charge in [-0.15, -0.1) is 0 Å². The van der Waals surface area contributed by atoms with E-state index in [9.17, 15) is 0 Å². The van der Waals surface area contributed by atoms with Gasteiger partial charge in [0.2, 0.25) is 16.6 Å². The average Bonchev–Trinajstić information content (AvgIpc) is 3.28. The Morgan fingerprint density at radius 2 is 0.984 bits per heavy atom. The summed E-state index contributed by atoms with van der Waals surface area (Å²) in [6, 6.07) is 40.0. The van der Waals surface area contributed by atoms with Gasteiger partial charge in [0.1, 0.15) is 11.4 Å². The highest BCUT2D eigenvalue weighted by Gasteiger charge is 2.49. The van der Waals surface area contributed by atoms with Crippen molar-refractivity contribution in [1.29, 1.82) is 0 Å². The summed E-state index contributed by atoms with van der Waals surface area (Å²) >= 11 is 0. The maximum Gasteiger partial charge on any atom is 0.201 e. The second kappa shape index (κ2) is 24.8. The largest absolute Gasteiger partial charge is 0.497 e. The molecule has 350 valence electrons. The van der Waals surface area contributed by atoms with Gasteiger partial charge in [-0.2, -0.15) is 0 Å². The van der Waals surface area contributed by atoms with Crippen molar-refractivity contribution in [2.24, 2.45) is 5.92 Å². The van der Waals surface area contributed by atoms with Gasteiger partial charge in [-0.25, -0.2) is 0 Å². The quantitative estimate of drug-likeness (QED) is 0.0357. The summed E-state index contributed by atoms with van der Waals surface area (Å²) in [6.07, 6.45) is 7.17. The van der Waals surface area contributed by atoms with Crippen LogP contribution in [0, 0.1) is 5.92 Å². The summed E-state index contributed by atoms with van der Waals surface area (Å²) in [5, 5.41) is 0. The lowest BCUT2D eigenvalue weighted by atomic mass is 9.80. The third kappa shape index (κ3) is 12.4.